The van der Waals surface area contributed by atoms with Gasteiger partial charge in [0.25, 0.3) is 0 Å². The second-order valence-electron chi connectivity index (χ2n) is 5.44. The normalized spacial score (nSPS) is 13.7. The first-order chi connectivity index (χ1) is 10.2. The van der Waals surface area contributed by atoms with Crippen LogP contribution in [0.1, 0.15) is 44.2 Å². The van der Waals surface area contributed by atoms with Crippen LogP contribution in [0, 0.1) is 0 Å². The molecule has 0 aromatic heterocycles. The van der Waals surface area contributed by atoms with Crippen molar-refractivity contribution >= 4 is 0 Å². The molecule has 0 aliphatic heterocycles. The molecule has 2 heteroatoms. The average Bonchev–Trinajstić information content (AvgIpc) is 2.54. The predicted octanol–water partition coefficient (Wildman–Crippen LogP) is 4.90. The molecule has 2 rings (SSSR count). The van der Waals surface area contributed by atoms with Gasteiger partial charge in [0.15, 0.2) is 11.5 Å². The van der Waals surface area contributed by atoms with Crippen molar-refractivity contribution in [1.29, 1.82) is 0 Å². The molecule has 2 aromatic rings. The molecule has 0 heterocycles. The van der Waals surface area contributed by atoms with E-state index in [1.807, 2.05) is 18.2 Å². The van der Waals surface area contributed by atoms with Gasteiger partial charge in [-0.15, -0.1) is 0 Å². The molecule has 0 amide bonds. The number of phenolic OH excluding ortho intramolecular Hbond substituents is 1. The standard InChI is InChI=1S/C19H24O2/c1-4-13-19(5-2,15-9-7-6-8-10-15)16-11-12-17(20)18(14-16)21-3/h6-12,14,20H,4-5,13H2,1-3H3. The van der Waals surface area contributed by atoms with E-state index < -0.39 is 0 Å². The van der Waals surface area contributed by atoms with Crippen LogP contribution in [0.5, 0.6) is 11.5 Å². The maximum absolute atomic E-state index is 9.85. The Morgan fingerprint density at radius 1 is 1.00 bits per heavy atom. The SMILES string of the molecule is CCCC(CC)(c1ccccc1)c1ccc(O)c(OC)c1. The summed E-state index contributed by atoms with van der Waals surface area (Å²) in [5.74, 6) is 0.730. The molecule has 2 aromatic carbocycles. The number of hydrogen-bond acceptors (Lipinski definition) is 2. The van der Waals surface area contributed by atoms with E-state index >= 15 is 0 Å². The van der Waals surface area contributed by atoms with Gasteiger partial charge in [-0.25, -0.2) is 0 Å². The van der Waals surface area contributed by atoms with Crippen LogP contribution in [0.4, 0.5) is 0 Å². The molecule has 0 aliphatic carbocycles. The van der Waals surface area contributed by atoms with Crippen molar-refractivity contribution in [2.45, 2.75) is 38.5 Å². The molecule has 0 fully saturated rings. The van der Waals surface area contributed by atoms with Gasteiger partial charge in [0.05, 0.1) is 7.11 Å². The zero-order valence-electron chi connectivity index (χ0n) is 13.1. The van der Waals surface area contributed by atoms with Crippen LogP contribution >= 0.6 is 0 Å². The smallest absolute Gasteiger partial charge is 0.160 e. The topological polar surface area (TPSA) is 29.5 Å². The summed E-state index contributed by atoms with van der Waals surface area (Å²) < 4.78 is 5.29. The van der Waals surface area contributed by atoms with E-state index in [0.29, 0.717) is 5.75 Å². The third-order valence-corrected chi connectivity index (χ3v) is 4.34. The first kappa shape index (κ1) is 15.4. The maximum atomic E-state index is 9.85. The lowest BCUT2D eigenvalue weighted by molar-refractivity contribution is 0.369. The lowest BCUT2D eigenvalue weighted by Crippen LogP contribution is -2.26. The number of rotatable bonds is 6. The zero-order chi connectivity index (χ0) is 15.3. The molecule has 21 heavy (non-hydrogen) atoms. The van der Waals surface area contributed by atoms with Crippen LogP contribution in [-0.2, 0) is 5.41 Å². The first-order valence-electron chi connectivity index (χ1n) is 7.61. The highest BCUT2D eigenvalue weighted by atomic mass is 16.5. The zero-order valence-corrected chi connectivity index (χ0v) is 13.1. The van der Waals surface area contributed by atoms with Crippen molar-refractivity contribution in [2.75, 3.05) is 7.11 Å². The Labute approximate surface area is 127 Å². The minimum atomic E-state index is -0.0308. The van der Waals surface area contributed by atoms with Crippen LogP contribution in [0.3, 0.4) is 0 Å². The second-order valence-corrected chi connectivity index (χ2v) is 5.44. The van der Waals surface area contributed by atoms with Crippen LogP contribution in [0.15, 0.2) is 48.5 Å². The third kappa shape index (κ3) is 2.90. The highest BCUT2D eigenvalue weighted by Crippen LogP contribution is 2.42. The molecule has 1 atom stereocenters. The van der Waals surface area contributed by atoms with E-state index in [9.17, 15) is 5.11 Å². The van der Waals surface area contributed by atoms with Crippen molar-refractivity contribution in [1.82, 2.24) is 0 Å². The summed E-state index contributed by atoms with van der Waals surface area (Å²) >= 11 is 0. The fraction of sp³-hybridized carbons (Fsp3) is 0.368. The monoisotopic (exact) mass is 284 g/mol. The van der Waals surface area contributed by atoms with Crippen LogP contribution in [0.2, 0.25) is 0 Å². The van der Waals surface area contributed by atoms with Crippen molar-refractivity contribution in [3.8, 4) is 11.5 Å². The Bertz CT molecular complexity index is 577. The minimum Gasteiger partial charge on any atom is -0.504 e. The number of aromatic hydroxyl groups is 1. The number of methoxy groups -OCH3 is 1. The van der Waals surface area contributed by atoms with Gasteiger partial charge in [0, 0.05) is 5.41 Å². The average molecular weight is 284 g/mol. The van der Waals surface area contributed by atoms with Crippen LogP contribution in [0.25, 0.3) is 0 Å². The van der Waals surface area contributed by atoms with Gasteiger partial charge in [-0.05, 0) is 36.1 Å². The molecule has 2 nitrogen and oxygen atoms in total. The molecule has 0 aliphatic rings. The highest BCUT2D eigenvalue weighted by Gasteiger charge is 2.32. The fourth-order valence-electron chi connectivity index (χ4n) is 3.20. The van der Waals surface area contributed by atoms with Crippen LogP contribution < -0.4 is 4.74 Å². The van der Waals surface area contributed by atoms with E-state index in [-0.39, 0.29) is 11.2 Å². The van der Waals surface area contributed by atoms with E-state index in [4.69, 9.17) is 4.74 Å². The van der Waals surface area contributed by atoms with Crippen molar-refractivity contribution in [3.05, 3.63) is 59.7 Å². The molecule has 0 saturated heterocycles. The summed E-state index contributed by atoms with van der Waals surface area (Å²) in [6.45, 7) is 4.44. The van der Waals surface area contributed by atoms with E-state index in [0.717, 1.165) is 19.3 Å². The summed E-state index contributed by atoms with van der Waals surface area (Å²) in [7, 11) is 1.59. The van der Waals surface area contributed by atoms with Gasteiger partial charge in [-0.1, -0.05) is 56.7 Å². The summed E-state index contributed by atoms with van der Waals surface area (Å²) in [5, 5.41) is 9.85. The molecule has 0 radical (unpaired) electrons. The fourth-order valence-corrected chi connectivity index (χ4v) is 3.20. The molecular weight excluding hydrogens is 260 g/mol. The van der Waals surface area contributed by atoms with Crippen molar-refractivity contribution < 1.29 is 9.84 Å². The molecule has 112 valence electrons. The predicted molar refractivity (Wildman–Crippen MR) is 87.1 cm³/mol. The molecular formula is C19H24O2. The quantitative estimate of drug-likeness (QED) is 0.817. The van der Waals surface area contributed by atoms with Crippen molar-refractivity contribution in [2.24, 2.45) is 0 Å². The van der Waals surface area contributed by atoms with Gasteiger partial charge >= 0.3 is 0 Å². The highest BCUT2D eigenvalue weighted by molar-refractivity contribution is 5.48. The van der Waals surface area contributed by atoms with E-state index in [2.05, 4.69) is 38.1 Å². The van der Waals surface area contributed by atoms with E-state index in [1.54, 1.807) is 13.2 Å². The molecule has 0 saturated carbocycles. The van der Waals surface area contributed by atoms with E-state index in [1.165, 1.54) is 11.1 Å². The Balaban J connectivity index is 2.60. The molecule has 1 unspecified atom stereocenters. The number of benzene rings is 2. The van der Waals surface area contributed by atoms with Gasteiger partial charge < -0.3 is 9.84 Å². The largest absolute Gasteiger partial charge is 0.504 e. The molecule has 0 spiro atoms. The van der Waals surface area contributed by atoms with Gasteiger partial charge in [-0.3, -0.25) is 0 Å². The van der Waals surface area contributed by atoms with Crippen molar-refractivity contribution in [3.63, 3.8) is 0 Å². The number of hydrogen-bond donors (Lipinski definition) is 1. The van der Waals surface area contributed by atoms with Gasteiger partial charge in [0.2, 0.25) is 0 Å². The summed E-state index contributed by atoms with van der Waals surface area (Å²) in [6.07, 6.45) is 3.19. The van der Waals surface area contributed by atoms with Crippen LogP contribution in [-0.4, -0.2) is 12.2 Å². The summed E-state index contributed by atoms with van der Waals surface area (Å²) in [5.41, 5.74) is 2.49. The summed E-state index contributed by atoms with van der Waals surface area (Å²) in [4.78, 5) is 0. The Morgan fingerprint density at radius 2 is 1.71 bits per heavy atom. The maximum Gasteiger partial charge on any atom is 0.160 e. The second kappa shape index (κ2) is 6.66. The Morgan fingerprint density at radius 3 is 2.29 bits per heavy atom. The molecule has 0 bridgehead atoms. The van der Waals surface area contributed by atoms with Gasteiger partial charge in [-0.2, -0.15) is 0 Å². The first-order valence-corrected chi connectivity index (χ1v) is 7.61. The Hall–Kier alpha value is -1.96. The van der Waals surface area contributed by atoms with Gasteiger partial charge in [0.1, 0.15) is 0 Å². The third-order valence-electron chi connectivity index (χ3n) is 4.34. The lowest BCUT2D eigenvalue weighted by Gasteiger charge is -2.34. The molecule has 1 N–H and O–H groups in total. The number of phenols is 1. The minimum absolute atomic E-state index is 0.0308. The lowest BCUT2D eigenvalue weighted by atomic mass is 9.69. The summed E-state index contributed by atoms with van der Waals surface area (Å²) in [6, 6.07) is 16.3. The number of ether oxygens (including phenoxy) is 1. The Kier molecular flexibility index (Phi) is 4.89.